The van der Waals surface area contributed by atoms with Crippen molar-refractivity contribution in [2.24, 2.45) is 5.92 Å². The lowest BCUT2D eigenvalue weighted by molar-refractivity contribution is -0.158. The minimum atomic E-state index is -1.43. The minimum Gasteiger partial charge on any atom is -0.447 e. The number of rotatable bonds is 6. The van der Waals surface area contributed by atoms with E-state index in [0.29, 0.717) is 6.42 Å². The lowest BCUT2D eigenvalue weighted by atomic mass is 9.81. The predicted octanol–water partition coefficient (Wildman–Crippen LogP) is 2.60. The van der Waals surface area contributed by atoms with Gasteiger partial charge in [-0.3, -0.25) is 4.79 Å². The van der Waals surface area contributed by atoms with Crippen LogP contribution in [0.4, 0.5) is 9.59 Å². The fourth-order valence-electron chi connectivity index (χ4n) is 4.03. The number of imide groups is 1. The number of cyclic esters (lactones) is 1. The van der Waals surface area contributed by atoms with E-state index in [2.05, 4.69) is 0 Å². The number of benzene rings is 2. The highest BCUT2D eigenvalue weighted by Gasteiger charge is 2.53. The third kappa shape index (κ3) is 4.45. The second-order valence-corrected chi connectivity index (χ2v) is 8.35. The number of ether oxygens (including phenoxy) is 2. The van der Waals surface area contributed by atoms with Crippen LogP contribution < -0.4 is 0 Å². The van der Waals surface area contributed by atoms with Crippen LogP contribution in [0.2, 0.25) is 0 Å². The van der Waals surface area contributed by atoms with Crippen molar-refractivity contribution in [2.75, 3.05) is 19.7 Å². The molecule has 8 nitrogen and oxygen atoms in total. The molecule has 2 atom stereocenters. The summed E-state index contributed by atoms with van der Waals surface area (Å²) in [7, 11) is 0. The largest absolute Gasteiger partial charge is 0.447 e. The molecule has 2 aliphatic rings. The summed E-state index contributed by atoms with van der Waals surface area (Å²) in [5.41, 5.74) is 0.413. The maximum absolute atomic E-state index is 13.1. The highest BCUT2D eigenvalue weighted by atomic mass is 16.6. The molecule has 2 heterocycles. The van der Waals surface area contributed by atoms with Gasteiger partial charge in [-0.15, -0.1) is 0 Å². The number of hydrogen-bond acceptors (Lipinski definition) is 6. The molecule has 3 amide bonds. The third-order valence-electron chi connectivity index (χ3n) is 6.08. The zero-order valence-electron chi connectivity index (χ0n) is 17.8. The molecular weight excluding hydrogens is 412 g/mol. The van der Waals surface area contributed by atoms with E-state index in [1.54, 1.807) is 6.92 Å². The smallest absolute Gasteiger partial charge is 0.416 e. The number of β-amino-alcohol motifs (C(OH)–C–C–N with tert-alkyl or cyclic N) is 1. The van der Waals surface area contributed by atoms with E-state index < -0.39 is 35.7 Å². The van der Waals surface area contributed by atoms with Crippen molar-refractivity contribution in [3.05, 3.63) is 71.8 Å². The van der Waals surface area contributed by atoms with Gasteiger partial charge in [0.05, 0.1) is 25.0 Å². The lowest BCUT2D eigenvalue weighted by Gasteiger charge is -2.48. The Balaban J connectivity index is 1.34. The van der Waals surface area contributed by atoms with Crippen molar-refractivity contribution in [1.29, 1.82) is 0 Å². The summed E-state index contributed by atoms with van der Waals surface area (Å²) in [6, 6.07) is 18.4. The van der Waals surface area contributed by atoms with E-state index >= 15 is 0 Å². The molecule has 0 aromatic heterocycles. The molecule has 2 aromatic rings. The number of aliphatic hydroxyl groups is 1. The number of carbonyl (C=O) groups excluding carboxylic acids is 3. The maximum Gasteiger partial charge on any atom is 0.416 e. The minimum absolute atomic E-state index is 0.0419. The third-order valence-corrected chi connectivity index (χ3v) is 6.08. The van der Waals surface area contributed by atoms with E-state index in [1.165, 1.54) is 4.90 Å². The average molecular weight is 438 g/mol. The lowest BCUT2D eigenvalue weighted by Crippen LogP contribution is -2.68. The van der Waals surface area contributed by atoms with Crippen molar-refractivity contribution < 1.29 is 29.0 Å². The normalized spacial score (nSPS) is 20.3. The van der Waals surface area contributed by atoms with Gasteiger partial charge in [0.25, 0.3) is 0 Å². The van der Waals surface area contributed by atoms with Crippen LogP contribution in [0.3, 0.4) is 0 Å². The second kappa shape index (κ2) is 9.00. The van der Waals surface area contributed by atoms with E-state index in [1.807, 2.05) is 60.7 Å². The molecule has 2 fully saturated rings. The Morgan fingerprint density at radius 2 is 1.69 bits per heavy atom. The van der Waals surface area contributed by atoms with Gasteiger partial charge >= 0.3 is 12.2 Å². The molecule has 2 aromatic carbocycles. The van der Waals surface area contributed by atoms with Gasteiger partial charge in [-0.25, -0.2) is 14.5 Å². The van der Waals surface area contributed by atoms with Crippen LogP contribution >= 0.6 is 0 Å². The van der Waals surface area contributed by atoms with Gasteiger partial charge < -0.3 is 19.5 Å². The highest BCUT2D eigenvalue weighted by Crippen LogP contribution is 2.32. The average Bonchev–Trinajstić information content (AvgIpc) is 3.15. The molecule has 0 spiro atoms. The summed E-state index contributed by atoms with van der Waals surface area (Å²) in [6.07, 6.45) is -0.785. The van der Waals surface area contributed by atoms with Crippen LogP contribution in [0.25, 0.3) is 0 Å². The highest BCUT2D eigenvalue weighted by molar-refractivity contribution is 5.95. The van der Waals surface area contributed by atoms with E-state index in [0.717, 1.165) is 16.0 Å². The first kappa shape index (κ1) is 21.8. The Kier molecular flexibility index (Phi) is 6.14. The zero-order chi connectivity index (χ0) is 22.7. The van der Waals surface area contributed by atoms with E-state index in [4.69, 9.17) is 9.47 Å². The summed E-state index contributed by atoms with van der Waals surface area (Å²) in [5.74, 6) is -1.39. The van der Waals surface area contributed by atoms with Crippen LogP contribution in [0, 0.1) is 5.92 Å². The van der Waals surface area contributed by atoms with Crippen LogP contribution in [0.1, 0.15) is 18.1 Å². The molecule has 0 unspecified atom stereocenters. The Morgan fingerprint density at radius 1 is 1.09 bits per heavy atom. The Labute approximate surface area is 186 Å². The predicted molar refractivity (Wildman–Crippen MR) is 114 cm³/mol. The first-order chi connectivity index (χ1) is 15.4. The second-order valence-electron chi connectivity index (χ2n) is 8.35. The van der Waals surface area contributed by atoms with E-state index in [-0.39, 0.29) is 26.3 Å². The molecule has 32 heavy (non-hydrogen) atoms. The SMILES string of the molecule is C[C@H](C(=O)N1C(=O)OC[C@H]1Cc1ccccc1)C1(O)CN(C(=O)OCc2ccccc2)C1. The zero-order valence-corrected chi connectivity index (χ0v) is 17.8. The molecular formula is C24H26N2O6. The Bertz CT molecular complexity index is 974. The number of hydrogen-bond donors (Lipinski definition) is 1. The Morgan fingerprint density at radius 3 is 2.31 bits per heavy atom. The van der Waals surface area contributed by atoms with Crippen LogP contribution in [-0.4, -0.2) is 64.3 Å². The van der Waals surface area contributed by atoms with Crippen molar-refractivity contribution in [3.8, 4) is 0 Å². The summed E-state index contributed by atoms with van der Waals surface area (Å²) >= 11 is 0. The topological polar surface area (TPSA) is 96.4 Å². The quantitative estimate of drug-likeness (QED) is 0.745. The summed E-state index contributed by atoms with van der Waals surface area (Å²) in [4.78, 5) is 40.1. The summed E-state index contributed by atoms with van der Waals surface area (Å²) in [6.45, 7) is 1.73. The fourth-order valence-corrected chi connectivity index (χ4v) is 4.03. The van der Waals surface area contributed by atoms with Crippen molar-refractivity contribution in [1.82, 2.24) is 9.80 Å². The number of amides is 3. The molecule has 168 valence electrons. The van der Waals surface area contributed by atoms with Gasteiger partial charge in [0.2, 0.25) is 5.91 Å². The molecule has 0 radical (unpaired) electrons. The van der Waals surface area contributed by atoms with E-state index in [9.17, 15) is 19.5 Å². The standard InChI is InChI=1S/C24H26N2O6/c1-17(21(27)26-20(14-32-23(26)29)12-18-8-4-2-5-9-18)24(30)15-25(16-24)22(28)31-13-19-10-6-3-7-11-19/h2-11,17,20,30H,12-16H2,1H3/t17-,20-/m1/s1. The molecule has 0 saturated carbocycles. The maximum atomic E-state index is 13.1. The molecule has 2 aliphatic heterocycles. The molecule has 8 heteroatoms. The number of carbonyl (C=O) groups is 3. The molecule has 4 rings (SSSR count). The molecule has 0 bridgehead atoms. The van der Waals surface area contributed by atoms with Gasteiger partial charge in [0.15, 0.2) is 0 Å². The summed E-state index contributed by atoms with van der Waals surface area (Å²) in [5, 5.41) is 10.9. The van der Waals surface area contributed by atoms with Crippen LogP contribution in [0.5, 0.6) is 0 Å². The molecule has 1 N–H and O–H groups in total. The van der Waals surface area contributed by atoms with Gasteiger partial charge in [-0.05, 0) is 17.5 Å². The number of nitrogens with zero attached hydrogens (tertiary/aromatic N) is 2. The van der Waals surface area contributed by atoms with Gasteiger partial charge in [-0.1, -0.05) is 67.6 Å². The number of likely N-dealkylation sites (tertiary alicyclic amines) is 1. The monoisotopic (exact) mass is 438 g/mol. The first-order valence-electron chi connectivity index (χ1n) is 10.6. The van der Waals surface area contributed by atoms with Crippen LogP contribution in [0.15, 0.2) is 60.7 Å². The first-order valence-corrected chi connectivity index (χ1v) is 10.6. The van der Waals surface area contributed by atoms with Crippen molar-refractivity contribution in [3.63, 3.8) is 0 Å². The molecule has 0 aliphatic carbocycles. The Hall–Kier alpha value is -3.39. The molecule has 2 saturated heterocycles. The summed E-state index contributed by atoms with van der Waals surface area (Å²) < 4.78 is 10.4. The fraction of sp³-hybridized carbons (Fsp3) is 0.375. The van der Waals surface area contributed by atoms with Gasteiger partial charge in [0.1, 0.15) is 18.8 Å². The van der Waals surface area contributed by atoms with Crippen LogP contribution in [-0.2, 0) is 27.3 Å². The van der Waals surface area contributed by atoms with Gasteiger partial charge in [-0.2, -0.15) is 0 Å². The van der Waals surface area contributed by atoms with Gasteiger partial charge in [0, 0.05) is 0 Å². The van der Waals surface area contributed by atoms with Crippen molar-refractivity contribution in [2.45, 2.75) is 31.6 Å². The van der Waals surface area contributed by atoms with Crippen molar-refractivity contribution >= 4 is 18.1 Å².